The fraction of sp³-hybridized carbons (Fsp3) is 0.333. The van der Waals surface area contributed by atoms with E-state index in [0.717, 1.165) is 30.3 Å². The van der Waals surface area contributed by atoms with Gasteiger partial charge in [-0.2, -0.15) is 0 Å². The molecule has 0 aromatic heterocycles. The summed E-state index contributed by atoms with van der Waals surface area (Å²) in [6, 6.07) is 16.8. The summed E-state index contributed by atoms with van der Waals surface area (Å²) < 4.78 is 5.89. The SMILES string of the molecule is Cc1ccc(Oc2cccc(NCC3CCCN3)c2)cc1. The maximum Gasteiger partial charge on any atom is 0.129 e. The maximum atomic E-state index is 5.89. The third kappa shape index (κ3) is 3.99. The van der Waals surface area contributed by atoms with Crippen molar-refractivity contribution in [2.24, 2.45) is 0 Å². The van der Waals surface area contributed by atoms with Gasteiger partial charge in [-0.05, 0) is 50.6 Å². The van der Waals surface area contributed by atoms with Gasteiger partial charge in [0.2, 0.25) is 0 Å². The van der Waals surface area contributed by atoms with E-state index in [9.17, 15) is 0 Å². The van der Waals surface area contributed by atoms with E-state index in [1.54, 1.807) is 0 Å². The van der Waals surface area contributed by atoms with Crippen LogP contribution in [0.2, 0.25) is 0 Å². The Hall–Kier alpha value is -2.00. The Morgan fingerprint density at radius 1 is 1.14 bits per heavy atom. The second kappa shape index (κ2) is 6.64. The van der Waals surface area contributed by atoms with E-state index in [4.69, 9.17) is 4.74 Å². The Kier molecular flexibility index (Phi) is 4.41. The van der Waals surface area contributed by atoms with E-state index in [-0.39, 0.29) is 0 Å². The normalized spacial score (nSPS) is 17.7. The minimum Gasteiger partial charge on any atom is -0.457 e. The quantitative estimate of drug-likeness (QED) is 0.871. The van der Waals surface area contributed by atoms with Gasteiger partial charge in [-0.1, -0.05) is 23.8 Å². The predicted octanol–water partition coefficient (Wildman–Crippen LogP) is 3.95. The highest BCUT2D eigenvalue weighted by atomic mass is 16.5. The molecule has 1 aliphatic rings. The molecule has 1 saturated heterocycles. The molecule has 1 unspecified atom stereocenters. The molecule has 21 heavy (non-hydrogen) atoms. The third-order valence-corrected chi connectivity index (χ3v) is 3.81. The smallest absolute Gasteiger partial charge is 0.129 e. The van der Waals surface area contributed by atoms with E-state index in [1.165, 1.54) is 18.4 Å². The van der Waals surface area contributed by atoms with Crippen molar-refractivity contribution in [3.8, 4) is 11.5 Å². The predicted molar refractivity (Wildman–Crippen MR) is 87.2 cm³/mol. The molecule has 3 rings (SSSR count). The molecule has 2 aromatic carbocycles. The lowest BCUT2D eigenvalue weighted by Crippen LogP contribution is -2.29. The van der Waals surface area contributed by atoms with Crippen molar-refractivity contribution in [3.05, 3.63) is 54.1 Å². The van der Waals surface area contributed by atoms with E-state index in [1.807, 2.05) is 24.3 Å². The Labute approximate surface area is 126 Å². The zero-order valence-corrected chi connectivity index (χ0v) is 12.4. The van der Waals surface area contributed by atoms with E-state index in [0.29, 0.717) is 6.04 Å². The Bertz CT molecular complexity index is 574. The molecule has 110 valence electrons. The van der Waals surface area contributed by atoms with Gasteiger partial charge >= 0.3 is 0 Å². The van der Waals surface area contributed by atoms with Crippen LogP contribution in [-0.4, -0.2) is 19.1 Å². The zero-order chi connectivity index (χ0) is 14.5. The minimum atomic E-state index is 0.590. The molecule has 0 bridgehead atoms. The minimum absolute atomic E-state index is 0.590. The van der Waals surface area contributed by atoms with Crippen LogP contribution in [0, 0.1) is 6.92 Å². The summed E-state index contributed by atoms with van der Waals surface area (Å²) in [5, 5.41) is 6.97. The van der Waals surface area contributed by atoms with Crippen molar-refractivity contribution in [1.82, 2.24) is 5.32 Å². The van der Waals surface area contributed by atoms with Crippen molar-refractivity contribution >= 4 is 5.69 Å². The molecule has 1 fully saturated rings. The molecule has 1 heterocycles. The third-order valence-electron chi connectivity index (χ3n) is 3.81. The molecular weight excluding hydrogens is 260 g/mol. The van der Waals surface area contributed by atoms with Crippen molar-refractivity contribution in [1.29, 1.82) is 0 Å². The number of hydrogen-bond donors (Lipinski definition) is 2. The van der Waals surface area contributed by atoms with Crippen molar-refractivity contribution in [2.45, 2.75) is 25.8 Å². The highest BCUT2D eigenvalue weighted by Crippen LogP contribution is 2.24. The van der Waals surface area contributed by atoms with E-state index in [2.05, 4.69) is 41.8 Å². The van der Waals surface area contributed by atoms with Crippen LogP contribution in [0.4, 0.5) is 5.69 Å². The van der Waals surface area contributed by atoms with E-state index >= 15 is 0 Å². The lowest BCUT2D eigenvalue weighted by Gasteiger charge is -2.13. The van der Waals surface area contributed by atoms with Crippen molar-refractivity contribution in [2.75, 3.05) is 18.4 Å². The van der Waals surface area contributed by atoms with Gasteiger partial charge in [-0.25, -0.2) is 0 Å². The summed E-state index contributed by atoms with van der Waals surface area (Å²) in [6.07, 6.45) is 2.54. The molecular formula is C18H22N2O. The van der Waals surface area contributed by atoms with Crippen LogP contribution in [-0.2, 0) is 0 Å². The van der Waals surface area contributed by atoms with Gasteiger partial charge in [0.1, 0.15) is 11.5 Å². The van der Waals surface area contributed by atoms with Gasteiger partial charge in [-0.15, -0.1) is 0 Å². The molecule has 1 atom stereocenters. The molecule has 3 nitrogen and oxygen atoms in total. The Balaban J connectivity index is 1.60. The molecule has 0 radical (unpaired) electrons. The number of hydrogen-bond acceptors (Lipinski definition) is 3. The maximum absolute atomic E-state index is 5.89. The van der Waals surface area contributed by atoms with Crippen molar-refractivity contribution < 1.29 is 4.74 Å². The average molecular weight is 282 g/mol. The van der Waals surface area contributed by atoms with Gasteiger partial charge in [0, 0.05) is 24.3 Å². The average Bonchev–Trinajstić information content (AvgIpc) is 3.01. The second-order valence-electron chi connectivity index (χ2n) is 5.62. The van der Waals surface area contributed by atoms with Crippen LogP contribution < -0.4 is 15.4 Å². The first kappa shape index (κ1) is 14.0. The summed E-state index contributed by atoms with van der Waals surface area (Å²) in [5.41, 5.74) is 2.34. The van der Waals surface area contributed by atoms with Crippen LogP contribution in [0.3, 0.4) is 0 Å². The van der Waals surface area contributed by atoms with Crippen LogP contribution in [0.15, 0.2) is 48.5 Å². The molecule has 2 aromatic rings. The van der Waals surface area contributed by atoms with Crippen LogP contribution in [0.25, 0.3) is 0 Å². The van der Waals surface area contributed by atoms with Gasteiger partial charge < -0.3 is 15.4 Å². The van der Waals surface area contributed by atoms with Crippen LogP contribution >= 0.6 is 0 Å². The second-order valence-corrected chi connectivity index (χ2v) is 5.62. The lowest BCUT2D eigenvalue weighted by molar-refractivity contribution is 0.482. The summed E-state index contributed by atoms with van der Waals surface area (Å²) in [6.45, 7) is 4.18. The molecule has 0 saturated carbocycles. The first-order valence-corrected chi connectivity index (χ1v) is 7.61. The summed E-state index contributed by atoms with van der Waals surface area (Å²) in [4.78, 5) is 0. The largest absolute Gasteiger partial charge is 0.457 e. The van der Waals surface area contributed by atoms with Gasteiger partial charge in [-0.3, -0.25) is 0 Å². The summed E-state index contributed by atoms with van der Waals surface area (Å²) in [7, 11) is 0. The Morgan fingerprint density at radius 3 is 2.76 bits per heavy atom. The van der Waals surface area contributed by atoms with Crippen LogP contribution in [0.1, 0.15) is 18.4 Å². The van der Waals surface area contributed by atoms with Gasteiger partial charge in [0.15, 0.2) is 0 Å². The van der Waals surface area contributed by atoms with Gasteiger partial charge in [0.25, 0.3) is 0 Å². The van der Waals surface area contributed by atoms with Crippen molar-refractivity contribution in [3.63, 3.8) is 0 Å². The van der Waals surface area contributed by atoms with Crippen LogP contribution in [0.5, 0.6) is 11.5 Å². The lowest BCUT2D eigenvalue weighted by atomic mass is 10.2. The molecule has 0 aliphatic carbocycles. The molecule has 0 amide bonds. The number of nitrogens with one attached hydrogen (secondary N) is 2. The Morgan fingerprint density at radius 2 is 2.00 bits per heavy atom. The molecule has 2 N–H and O–H groups in total. The fourth-order valence-electron chi connectivity index (χ4n) is 2.58. The molecule has 1 aliphatic heterocycles. The van der Waals surface area contributed by atoms with Gasteiger partial charge in [0.05, 0.1) is 0 Å². The number of ether oxygens (including phenoxy) is 1. The monoisotopic (exact) mass is 282 g/mol. The first-order valence-electron chi connectivity index (χ1n) is 7.61. The van der Waals surface area contributed by atoms with E-state index < -0.39 is 0 Å². The number of rotatable bonds is 5. The standard InChI is InChI=1S/C18H22N2O/c1-14-7-9-17(10-8-14)21-18-6-2-4-15(12-18)20-13-16-5-3-11-19-16/h2,4,6-10,12,16,19-20H,3,5,11,13H2,1H3. The number of benzene rings is 2. The fourth-order valence-corrected chi connectivity index (χ4v) is 2.58. The topological polar surface area (TPSA) is 33.3 Å². The summed E-state index contributed by atoms with van der Waals surface area (Å²) in [5.74, 6) is 1.73. The molecule has 3 heteroatoms. The number of aryl methyl sites for hydroxylation is 1. The highest BCUT2D eigenvalue weighted by molar-refractivity contribution is 5.49. The molecule has 0 spiro atoms. The first-order chi connectivity index (χ1) is 10.3. The summed E-state index contributed by atoms with van der Waals surface area (Å²) >= 11 is 0. The highest BCUT2D eigenvalue weighted by Gasteiger charge is 2.13. The number of anilines is 1. The zero-order valence-electron chi connectivity index (χ0n) is 12.4.